The fourth-order valence-electron chi connectivity index (χ4n) is 2.25. The van der Waals surface area contributed by atoms with Crippen LogP contribution in [0.5, 0.6) is 0 Å². The summed E-state index contributed by atoms with van der Waals surface area (Å²) in [6, 6.07) is 3.61. The van der Waals surface area contributed by atoms with Gasteiger partial charge in [-0.3, -0.25) is 0 Å². The number of hydrogen-bond donors (Lipinski definition) is 1. The first-order chi connectivity index (χ1) is 7.22. The third kappa shape index (κ3) is 2.05. The summed E-state index contributed by atoms with van der Waals surface area (Å²) in [6.07, 6.45) is 4.42. The van der Waals surface area contributed by atoms with E-state index < -0.39 is 0 Å². The van der Waals surface area contributed by atoms with Crippen molar-refractivity contribution in [1.29, 1.82) is 0 Å². The van der Waals surface area contributed by atoms with E-state index in [0.717, 1.165) is 18.4 Å². The molecule has 1 nitrogen and oxygen atoms in total. The van der Waals surface area contributed by atoms with E-state index in [1.54, 1.807) is 6.07 Å². The van der Waals surface area contributed by atoms with E-state index in [-0.39, 0.29) is 18.3 Å². The Morgan fingerprint density at radius 1 is 1.27 bits per heavy atom. The predicted octanol–water partition coefficient (Wildman–Crippen LogP) is 2.80. The Morgan fingerprint density at radius 2 is 1.87 bits per heavy atom. The number of fused-ring (bicyclic) bond motifs is 1. The van der Waals surface area contributed by atoms with E-state index in [1.807, 2.05) is 13.0 Å². The van der Waals surface area contributed by atoms with Crippen LogP contribution in [0.2, 0.25) is 0 Å². The number of rotatable bonds is 2. The maximum absolute atomic E-state index is 13.7. The van der Waals surface area contributed by atoms with Crippen LogP contribution in [0.25, 0.3) is 0 Å². The quantitative estimate of drug-likeness (QED) is 0.792. The standard InChI is InChI=1S/C13H17FO/c1-9(8-15)12-6-10-4-2-3-5-11(10)7-13(12)14/h6-7,9,15H,2-5,8H2,1H3. The number of aryl methyl sites for hydroxylation is 2. The summed E-state index contributed by atoms with van der Waals surface area (Å²) in [7, 11) is 0. The molecule has 0 saturated heterocycles. The molecule has 1 atom stereocenters. The minimum Gasteiger partial charge on any atom is -0.396 e. The first-order valence-electron chi connectivity index (χ1n) is 5.64. The zero-order valence-electron chi connectivity index (χ0n) is 9.09. The molecule has 1 aliphatic carbocycles. The molecule has 0 spiro atoms. The Balaban J connectivity index is 2.40. The van der Waals surface area contributed by atoms with E-state index in [1.165, 1.54) is 18.4 Å². The largest absolute Gasteiger partial charge is 0.396 e. The molecule has 82 valence electrons. The summed E-state index contributed by atoms with van der Waals surface area (Å²) >= 11 is 0. The summed E-state index contributed by atoms with van der Waals surface area (Å²) < 4.78 is 13.7. The number of halogens is 1. The number of benzene rings is 1. The summed E-state index contributed by atoms with van der Waals surface area (Å²) in [4.78, 5) is 0. The highest BCUT2D eigenvalue weighted by Gasteiger charge is 2.16. The third-order valence-electron chi connectivity index (χ3n) is 3.27. The zero-order valence-corrected chi connectivity index (χ0v) is 9.09. The van der Waals surface area contributed by atoms with Crippen LogP contribution in [0.15, 0.2) is 12.1 Å². The molecular formula is C13H17FO. The maximum atomic E-state index is 13.7. The second-order valence-corrected chi connectivity index (χ2v) is 4.43. The number of aliphatic hydroxyl groups is 1. The van der Waals surface area contributed by atoms with Crippen LogP contribution in [-0.2, 0) is 12.8 Å². The van der Waals surface area contributed by atoms with Gasteiger partial charge in [-0.15, -0.1) is 0 Å². The highest BCUT2D eigenvalue weighted by molar-refractivity contribution is 5.36. The van der Waals surface area contributed by atoms with Crippen LogP contribution in [0.3, 0.4) is 0 Å². The van der Waals surface area contributed by atoms with Crippen LogP contribution in [-0.4, -0.2) is 11.7 Å². The van der Waals surface area contributed by atoms with Crippen molar-refractivity contribution in [2.75, 3.05) is 6.61 Å². The fraction of sp³-hybridized carbons (Fsp3) is 0.538. The molecule has 15 heavy (non-hydrogen) atoms. The van der Waals surface area contributed by atoms with Crippen molar-refractivity contribution in [3.05, 3.63) is 34.6 Å². The molecule has 0 aromatic heterocycles. The Kier molecular flexibility index (Phi) is 3.06. The molecule has 2 rings (SSSR count). The van der Waals surface area contributed by atoms with Crippen LogP contribution in [0.1, 0.15) is 42.4 Å². The predicted molar refractivity (Wildman–Crippen MR) is 58.5 cm³/mol. The van der Waals surface area contributed by atoms with Crippen molar-refractivity contribution in [2.45, 2.75) is 38.5 Å². The van der Waals surface area contributed by atoms with Crippen molar-refractivity contribution in [2.24, 2.45) is 0 Å². The first kappa shape index (κ1) is 10.6. The van der Waals surface area contributed by atoms with Gasteiger partial charge in [-0.2, -0.15) is 0 Å². The van der Waals surface area contributed by atoms with Crippen molar-refractivity contribution in [3.63, 3.8) is 0 Å². The van der Waals surface area contributed by atoms with Gasteiger partial charge in [0.1, 0.15) is 5.82 Å². The first-order valence-corrected chi connectivity index (χ1v) is 5.64. The molecule has 2 heteroatoms. The van der Waals surface area contributed by atoms with Crippen LogP contribution in [0.4, 0.5) is 4.39 Å². The minimum absolute atomic E-state index is 0.00963. The highest BCUT2D eigenvalue weighted by atomic mass is 19.1. The van der Waals surface area contributed by atoms with Gasteiger partial charge in [-0.1, -0.05) is 13.0 Å². The van der Waals surface area contributed by atoms with Gasteiger partial charge in [0.25, 0.3) is 0 Å². The lowest BCUT2D eigenvalue weighted by atomic mass is 9.88. The lowest BCUT2D eigenvalue weighted by Gasteiger charge is -2.19. The van der Waals surface area contributed by atoms with Gasteiger partial charge < -0.3 is 5.11 Å². The van der Waals surface area contributed by atoms with Crippen molar-refractivity contribution >= 4 is 0 Å². The summed E-state index contributed by atoms with van der Waals surface area (Å²) in [5.41, 5.74) is 3.10. The van der Waals surface area contributed by atoms with Gasteiger partial charge in [-0.05, 0) is 48.4 Å². The van der Waals surface area contributed by atoms with Crippen molar-refractivity contribution in [1.82, 2.24) is 0 Å². The molecule has 0 radical (unpaired) electrons. The second-order valence-electron chi connectivity index (χ2n) is 4.43. The summed E-state index contributed by atoms with van der Waals surface area (Å²) in [6.45, 7) is 1.86. The molecule has 1 aromatic carbocycles. The van der Waals surface area contributed by atoms with E-state index in [2.05, 4.69) is 0 Å². The Bertz CT molecular complexity index is 360. The maximum Gasteiger partial charge on any atom is 0.127 e. The van der Waals surface area contributed by atoms with Gasteiger partial charge in [0.2, 0.25) is 0 Å². The van der Waals surface area contributed by atoms with Gasteiger partial charge >= 0.3 is 0 Å². The van der Waals surface area contributed by atoms with Gasteiger partial charge in [-0.25, -0.2) is 4.39 Å². The minimum atomic E-state index is -0.155. The van der Waals surface area contributed by atoms with E-state index in [0.29, 0.717) is 5.56 Å². The molecule has 0 amide bonds. The molecule has 1 N–H and O–H groups in total. The summed E-state index contributed by atoms with van der Waals surface area (Å²) in [5.74, 6) is -0.255. The zero-order chi connectivity index (χ0) is 10.8. The molecule has 0 heterocycles. The third-order valence-corrected chi connectivity index (χ3v) is 3.27. The van der Waals surface area contributed by atoms with Gasteiger partial charge in [0, 0.05) is 12.5 Å². The van der Waals surface area contributed by atoms with Crippen LogP contribution < -0.4 is 0 Å². The molecule has 0 bridgehead atoms. The molecular weight excluding hydrogens is 191 g/mol. The molecule has 1 unspecified atom stereocenters. The van der Waals surface area contributed by atoms with E-state index in [4.69, 9.17) is 5.11 Å². The fourth-order valence-corrected chi connectivity index (χ4v) is 2.25. The number of aliphatic hydroxyl groups excluding tert-OH is 1. The van der Waals surface area contributed by atoms with E-state index in [9.17, 15) is 4.39 Å². The SMILES string of the molecule is CC(CO)c1cc2c(cc1F)CCCC2. The summed E-state index contributed by atoms with van der Waals surface area (Å²) in [5, 5.41) is 9.05. The van der Waals surface area contributed by atoms with Crippen molar-refractivity contribution in [3.8, 4) is 0 Å². The monoisotopic (exact) mass is 208 g/mol. The highest BCUT2D eigenvalue weighted by Crippen LogP contribution is 2.27. The molecule has 0 saturated carbocycles. The molecule has 1 aromatic rings. The van der Waals surface area contributed by atoms with Gasteiger partial charge in [0.05, 0.1) is 0 Å². The topological polar surface area (TPSA) is 20.2 Å². The number of hydrogen-bond acceptors (Lipinski definition) is 1. The molecule has 0 aliphatic heterocycles. The Morgan fingerprint density at radius 3 is 2.47 bits per heavy atom. The Hall–Kier alpha value is -0.890. The average molecular weight is 208 g/mol. The lowest BCUT2D eigenvalue weighted by molar-refractivity contribution is 0.270. The van der Waals surface area contributed by atoms with Gasteiger partial charge in [0.15, 0.2) is 0 Å². The second kappa shape index (κ2) is 4.31. The Labute approximate surface area is 89.9 Å². The van der Waals surface area contributed by atoms with Crippen LogP contribution >= 0.6 is 0 Å². The lowest BCUT2D eigenvalue weighted by Crippen LogP contribution is -2.08. The van der Waals surface area contributed by atoms with E-state index >= 15 is 0 Å². The van der Waals surface area contributed by atoms with Crippen molar-refractivity contribution < 1.29 is 9.50 Å². The smallest absolute Gasteiger partial charge is 0.127 e. The normalized spacial score (nSPS) is 17.3. The average Bonchev–Trinajstić information content (AvgIpc) is 2.27. The molecule has 0 fully saturated rings. The molecule has 1 aliphatic rings. The van der Waals surface area contributed by atoms with Crippen LogP contribution in [0, 0.1) is 5.82 Å².